The zero-order valence-corrected chi connectivity index (χ0v) is 16.5. The summed E-state index contributed by atoms with van der Waals surface area (Å²) in [5.41, 5.74) is 0. The van der Waals surface area contributed by atoms with Gasteiger partial charge in [-0.3, -0.25) is 4.79 Å². The molecule has 0 aliphatic carbocycles. The lowest BCUT2D eigenvalue weighted by Crippen LogP contribution is -2.67. The molecule has 26 heavy (non-hydrogen) atoms. The van der Waals surface area contributed by atoms with E-state index in [0.29, 0.717) is 0 Å². The highest BCUT2D eigenvalue weighted by molar-refractivity contribution is 6.99. The van der Waals surface area contributed by atoms with Crippen molar-refractivity contribution in [3.05, 3.63) is 60.7 Å². The third-order valence-electron chi connectivity index (χ3n) is 4.97. The Bertz CT molecular complexity index is 700. The minimum atomic E-state index is -2.67. The first-order valence-corrected chi connectivity index (χ1v) is 10.9. The summed E-state index contributed by atoms with van der Waals surface area (Å²) in [5, 5.41) is 12.3. The molecule has 0 spiro atoms. The molecule has 2 aromatic carbocycles. The summed E-state index contributed by atoms with van der Waals surface area (Å²) in [6, 6.07) is 20.6. The van der Waals surface area contributed by atoms with Gasteiger partial charge in [0.2, 0.25) is 0 Å². The second-order valence-electron chi connectivity index (χ2n) is 7.77. The molecule has 138 valence electrons. The SMILES string of the molecule is CC(C)(C)[Si](OC[C@@H]1OC(=O)C[C@H]1O)(c1ccccc1)c1ccccc1. The molecule has 2 atom stereocenters. The van der Waals surface area contributed by atoms with Crippen molar-refractivity contribution in [3.63, 3.8) is 0 Å². The lowest BCUT2D eigenvalue weighted by atomic mass is 10.2. The average molecular weight is 371 g/mol. The van der Waals surface area contributed by atoms with E-state index in [2.05, 4.69) is 45.0 Å². The number of hydrogen-bond donors (Lipinski definition) is 1. The molecule has 0 amide bonds. The number of carbonyl (C=O) groups excluding carboxylic acids is 1. The summed E-state index contributed by atoms with van der Waals surface area (Å²) in [4.78, 5) is 11.5. The highest BCUT2D eigenvalue weighted by Gasteiger charge is 2.51. The Hall–Kier alpha value is -1.95. The predicted octanol–water partition coefficient (Wildman–Crippen LogP) is 2.24. The largest absolute Gasteiger partial charge is 0.457 e. The third-order valence-corrected chi connectivity index (χ3v) is 9.97. The normalized spacial score (nSPS) is 20.8. The van der Waals surface area contributed by atoms with Gasteiger partial charge in [0.25, 0.3) is 8.32 Å². The highest BCUT2D eigenvalue weighted by atomic mass is 28.4. The molecule has 1 heterocycles. The number of aliphatic hydroxyl groups excluding tert-OH is 1. The van der Waals surface area contributed by atoms with E-state index in [4.69, 9.17) is 9.16 Å². The Morgan fingerprint density at radius 1 is 1.04 bits per heavy atom. The van der Waals surface area contributed by atoms with E-state index in [1.807, 2.05) is 36.4 Å². The van der Waals surface area contributed by atoms with Crippen LogP contribution in [0.3, 0.4) is 0 Å². The first-order chi connectivity index (χ1) is 12.3. The number of benzene rings is 2. The van der Waals surface area contributed by atoms with Crippen LogP contribution in [0, 0.1) is 0 Å². The Morgan fingerprint density at radius 3 is 1.92 bits per heavy atom. The van der Waals surface area contributed by atoms with E-state index in [1.54, 1.807) is 0 Å². The van der Waals surface area contributed by atoms with Crippen molar-refractivity contribution in [1.82, 2.24) is 0 Å². The minimum absolute atomic E-state index is 0.0365. The Kier molecular flexibility index (Phi) is 5.32. The maximum Gasteiger partial charge on any atom is 0.309 e. The number of cyclic esters (lactones) is 1. The van der Waals surface area contributed by atoms with Gasteiger partial charge in [-0.25, -0.2) is 0 Å². The van der Waals surface area contributed by atoms with Crippen LogP contribution in [-0.2, 0) is 14.0 Å². The number of ether oxygens (including phenoxy) is 1. The van der Waals surface area contributed by atoms with Crippen molar-refractivity contribution >= 4 is 24.7 Å². The maximum absolute atomic E-state index is 11.5. The molecule has 1 aliphatic rings. The highest BCUT2D eigenvalue weighted by Crippen LogP contribution is 2.37. The van der Waals surface area contributed by atoms with Crippen LogP contribution in [0.25, 0.3) is 0 Å². The summed E-state index contributed by atoms with van der Waals surface area (Å²) >= 11 is 0. The van der Waals surface area contributed by atoms with E-state index in [9.17, 15) is 9.90 Å². The van der Waals surface area contributed by atoms with Crippen LogP contribution >= 0.6 is 0 Å². The molecule has 0 unspecified atom stereocenters. The maximum atomic E-state index is 11.5. The topological polar surface area (TPSA) is 55.8 Å². The zero-order valence-electron chi connectivity index (χ0n) is 15.5. The summed E-state index contributed by atoms with van der Waals surface area (Å²) in [7, 11) is -2.67. The molecular weight excluding hydrogens is 344 g/mol. The van der Waals surface area contributed by atoms with E-state index in [0.717, 1.165) is 10.4 Å². The standard InChI is InChI=1S/C21H26O4Si/c1-21(2,3)26(16-10-6-4-7-11-16,17-12-8-5-9-13-17)24-15-19-18(22)14-20(23)25-19/h4-13,18-19,22H,14-15H2,1-3H3/t18-,19+/m1/s1. The van der Waals surface area contributed by atoms with Crippen molar-refractivity contribution in [2.75, 3.05) is 6.61 Å². The van der Waals surface area contributed by atoms with Gasteiger partial charge >= 0.3 is 5.97 Å². The van der Waals surface area contributed by atoms with Crippen LogP contribution in [0.4, 0.5) is 0 Å². The van der Waals surface area contributed by atoms with Crippen LogP contribution in [0.15, 0.2) is 60.7 Å². The van der Waals surface area contributed by atoms with Crippen molar-refractivity contribution in [2.45, 2.75) is 44.4 Å². The fraction of sp³-hybridized carbons (Fsp3) is 0.381. The molecular formula is C21H26O4Si. The molecule has 1 N–H and O–H groups in total. The van der Waals surface area contributed by atoms with Gasteiger partial charge < -0.3 is 14.3 Å². The first-order valence-electron chi connectivity index (χ1n) is 8.97. The van der Waals surface area contributed by atoms with Gasteiger partial charge in [-0.2, -0.15) is 0 Å². The van der Waals surface area contributed by atoms with Gasteiger partial charge in [0, 0.05) is 0 Å². The van der Waals surface area contributed by atoms with Gasteiger partial charge in [0.1, 0.15) is 6.10 Å². The number of carbonyl (C=O) groups is 1. The molecule has 4 nitrogen and oxygen atoms in total. The molecule has 1 aliphatic heterocycles. The summed E-state index contributed by atoms with van der Waals surface area (Å²) in [6.07, 6.45) is -1.38. The Labute approximate surface area is 155 Å². The quantitative estimate of drug-likeness (QED) is 0.648. The van der Waals surface area contributed by atoms with E-state index >= 15 is 0 Å². The van der Waals surface area contributed by atoms with Gasteiger partial charge in [-0.15, -0.1) is 0 Å². The number of esters is 1. The molecule has 5 heteroatoms. The molecule has 0 radical (unpaired) electrons. The average Bonchev–Trinajstić information content (AvgIpc) is 2.94. The smallest absolute Gasteiger partial charge is 0.309 e. The summed E-state index contributed by atoms with van der Waals surface area (Å²) in [6.45, 7) is 6.77. The third kappa shape index (κ3) is 3.47. The zero-order chi connectivity index (χ0) is 18.8. The number of aliphatic hydroxyl groups is 1. The summed E-state index contributed by atoms with van der Waals surface area (Å²) < 4.78 is 11.9. The van der Waals surface area contributed by atoms with Crippen molar-refractivity contribution in [1.29, 1.82) is 0 Å². The monoisotopic (exact) mass is 370 g/mol. The fourth-order valence-electron chi connectivity index (χ4n) is 3.71. The van der Waals surface area contributed by atoms with Gasteiger partial charge in [0.15, 0.2) is 6.10 Å². The predicted molar refractivity (Wildman–Crippen MR) is 104 cm³/mol. The fourth-order valence-corrected chi connectivity index (χ4v) is 8.28. The van der Waals surface area contributed by atoms with Crippen LogP contribution < -0.4 is 10.4 Å². The first kappa shape index (κ1) is 18.8. The molecule has 1 fully saturated rings. The summed E-state index contributed by atoms with van der Waals surface area (Å²) in [5.74, 6) is -0.367. The molecule has 0 aromatic heterocycles. The molecule has 0 saturated carbocycles. The van der Waals surface area contributed by atoms with E-state index in [-0.39, 0.29) is 24.0 Å². The van der Waals surface area contributed by atoms with E-state index < -0.39 is 20.5 Å². The van der Waals surface area contributed by atoms with Crippen molar-refractivity contribution in [2.24, 2.45) is 0 Å². The molecule has 1 saturated heterocycles. The minimum Gasteiger partial charge on any atom is -0.457 e. The van der Waals surface area contributed by atoms with Gasteiger partial charge in [0.05, 0.1) is 13.0 Å². The number of hydrogen-bond acceptors (Lipinski definition) is 4. The lowest BCUT2D eigenvalue weighted by molar-refractivity contribution is -0.142. The Morgan fingerprint density at radius 2 is 1.54 bits per heavy atom. The van der Waals surface area contributed by atoms with Gasteiger partial charge in [-0.1, -0.05) is 81.4 Å². The van der Waals surface area contributed by atoms with Crippen molar-refractivity contribution < 1.29 is 19.1 Å². The van der Waals surface area contributed by atoms with Crippen molar-refractivity contribution in [3.8, 4) is 0 Å². The molecule has 2 aromatic rings. The van der Waals surface area contributed by atoms with Crippen LogP contribution in [0.1, 0.15) is 27.2 Å². The molecule has 3 rings (SSSR count). The van der Waals surface area contributed by atoms with Crippen LogP contribution in [0.2, 0.25) is 5.04 Å². The lowest BCUT2D eigenvalue weighted by Gasteiger charge is -2.43. The Balaban J connectivity index is 2.04. The second-order valence-corrected chi connectivity index (χ2v) is 12.1. The molecule has 0 bridgehead atoms. The van der Waals surface area contributed by atoms with Crippen LogP contribution in [-0.4, -0.2) is 38.2 Å². The van der Waals surface area contributed by atoms with E-state index in [1.165, 1.54) is 0 Å². The van der Waals surface area contributed by atoms with Crippen LogP contribution in [0.5, 0.6) is 0 Å². The van der Waals surface area contributed by atoms with Gasteiger partial charge in [-0.05, 0) is 15.4 Å². The second kappa shape index (κ2) is 7.35. The number of rotatable bonds is 5.